The van der Waals surface area contributed by atoms with Crippen LogP contribution in [0, 0.1) is 0 Å². The van der Waals surface area contributed by atoms with Gasteiger partial charge < -0.3 is 15.2 Å². The molecular weight excluding hydrogens is 316 g/mol. The van der Waals surface area contributed by atoms with Crippen molar-refractivity contribution in [2.24, 2.45) is 0 Å². The summed E-state index contributed by atoms with van der Waals surface area (Å²) in [7, 11) is 0. The fourth-order valence-corrected chi connectivity index (χ4v) is 3.07. The van der Waals surface area contributed by atoms with E-state index in [2.05, 4.69) is 9.69 Å². The third-order valence-corrected chi connectivity index (χ3v) is 4.56. The molecule has 2 atom stereocenters. The maximum Gasteiger partial charge on any atom is 0.277 e. The van der Waals surface area contributed by atoms with Gasteiger partial charge >= 0.3 is 0 Å². The van der Waals surface area contributed by atoms with Crippen molar-refractivity contribution in [2.45, 2.75) is 12.1 Å². The van der Waals surface area contributed by atoms with Gasteiger partial charge in [-0.25, -0.2) is 0 Å². The number of hydrogen-bond acceptors (Lipinski definition) is 5. The lowest BCUT2D eigenvalue weighted by atomic mass is 9.99. The highest BCUT2D eigenvalue weighted by molar-refractivity contribution is 7.08. The lowest BCUT2D eigenvalue weighted by molar-refractivity contribution is 0.0619. The minimum absolute atomic E-state index is 0.0905. The number of fused-ring (bicyclic) bond motifs is 1. The maximum atomic E-state index is 12.1. The zero-order valence-corrected chi connectivity index (χ0v) is 12.2. The number of rotatable bonds is 2. The molecule has 1 aromatic carbocycles. The number of para-hydroxylation sites is 1. The molecule has 0 spiro atoms. The second kappa shape index (κ2) is 5.51. The van der Waals surface area contributed by atoms with Crippen molar-refractivity contribution >= 4 is 29.0 Å². The number of nitrogens with one attached hydrogen (secondary N) is 2. The van der Waals surface area contributed by atoms with Crippen molar-refractivity contribution in [3.05, 3.63) is 50.1 Å². The fraction of sp³-hybridized carbons (Fsp3) is 0.231. The molecule has 6 nitrogen and oxygen atoms in total. The highest BCUT2D eigenvalue weighted by atomic mass is 35.5. The normalized spacial score (nSPS) is 20.5. The van der Waals surface area contributed by atoms with Gasteiger partial charge in [-0.1, -0.05) is 41.3 Å². The Bertz CT molecular complexity index is 742. The molecule has 3 rings (SSSR count). The fourth-order valence-electron chi connectivity index (χ4n) is 2.13. The van der Waals surface area contributed by atoms with E-state index in [9.17, 15) is 14.7 Å². The van der Waals surface area contributed by atoms with Crippen LogP contribution in [0.4, 0.5) is 0 Å². The average Bonchev–Trinajstić information content (AvgIpc) is 2.82. The van der Waals surface area contributed by atoms with Gasteiger partial charge in [-0.15, -0.1) is 0 Å². The van der Waals surface area contributed by atoms with E-state index in [1.165, 1.54) is 0 Å². The predicted octanol–water partition coefficient (Wildman–Crippen LogP) is 1.31. The van der Waals surface area contributed by atoms with Crippen LogP contribution in [-0.4, -0.2) is 28.0 Å². The molecule has 2 unspecified atom stereocenters. The van der Waals surface area contributed by atoms with Gasteiger partial charge in [-0.2, -0.15) is 0 Å². The minimum Gasteiger partial charge on any atom is -0.491 e. The van der Waals surface area contributed by atoms with E-state index in [4.69, 9.17) is 16.3 Å². The first kappa shape index (κ1) is 14.1. The number of aromatic amines is 1. The Morgan fingerprint density at radius 3 is 2.95 bits per heavy atom. The number of amides is 1. The molecule has 1 aromatic heterocycles. The van der Waals surface area contributed by atoms with Gasteiger partial charge in [0.1, 0.15) is 28.4 Å². The summed E-state index contributed by atoms with van der Waals surface area (Å²) < 4.78 is 7.89. The first-order chi connectivity index (χ1) is 10.1. The van der Waals surface area contributed by atoms with E-state index < -0.39 is 23.6 Å². The Morgan fingerprint density at radius 1 is 1.48 bits per heavy atom. The number of aliphatic hydroxyl groups is 1. The second-order valence-electron chi connectivity index (χ2n) is 4.55. The molecular formula is C13H11ClN2O4S. The quantitative estimate of drug-likeness (QED) is 0.776. The van der Waals surface area contributed by atoms with Crippen molar-refractivity contribution in [3.63, 3.8) is 0 Å². The summed E-state index contributed by atoms with van der Waals surface area (Å²) in [6.45, 7) is 0.140. The van der Waals surface area contributed by atoms with Crippen LogP contribution in [-0.2, 0) is 0 Å². The van der Waals surface area contributed by atoms with Crippen molar-refractivity contribution < 1.29 is 14.6 Å². The first-order valence-corrected chi connectivity index (χ1v) is 7.35. The number of carbonyl (C=O) groups is 1. The minimum atomic E-state index is -0.881. The Labute approximate surface area is 128 Å². The monoisotopic (exact) mass is 326 g/mol. The van der Waals surface area contributed by atoms with E-state index in [-0.39, 0.29) is 16.5 Å². The van der Waals surface area contributed by atoms with Gasteiger partial charge in [-0.3, -0.25) is 14.0 Å². The van der Waals surface area contributed by atoms with Gasteiger partial charge in [0.2, 0.25) is 0 Å². The topological polar surface area (TPSA) is 91.4 Å². The number of aromatic nitrogens is 1. The summed E-state index contributed by atoms with van der Waals surface area (Å²) in [5.74, 6) is 0.0789. The molecule has 21 heavy (non-hydrogen) atoms. The molecule has 0 saturated carbocycles. The molecule has 2 aromatic rings. The second-order valence-corrected chi connectivity index (χ2v) is 5.74. The molecule has 0 bridgehead atoms. The molecule has 1 aliphatic heterocycles. The molecule has 3 N–H and O–H groups in total. The van der Waals surface area contributed by atoms with Crippen LogP contribution in [0.5, 0.6) is 5.75 Å². The Morgan fingerprint density at radius 2 is 2.24 bits per heavy atom. The van der Waals surface area contributed by atoms with E-state index in [0.29, 0.717) is 11.3 Å². The lowest BCUT2D eigenvalue weighted by Gasteiger charge is -2.30. The molecule has 2 heterocycles. The van der Waals surface area contributed by atoms with Gasteiger partial charge in [0.15, 0.2) is 0 Å². The van der Waals surface area contributed by atoms with Crippen LogP contribution in [0.3, 0.4) is 0 Å². The van der Waals surface area contributed by atoms with Gasteiger partial charge in [0.25, 0.3) is 11.5 Å². The van der Waals surface area contributed by atoms with Gasteiger partial charge in [0, 0.05) is 5.56 Å². The van der Waals surface area contributed by atoms with Crippen molar-refractivity contribution in [1.29, 1.82) is 0 Å². The van der Waals surface area contributed by atoms with Crippen LogP contribution < -0.4 is 15.6 Å². The molecule has 0 radical (unpaired) electrons. The summed E-state index contributed by atoms with van der Waals surface area (Å²) in [6, 6.07) is 6.47. The maximum absolute atomic E-state index is 12.1. The van der Waals surface area contributed by atoms with Crippen LogP contribution in [0.1, 0.15) is 21.3 Å². The molecule has 1 amide bonds. The van der Waals surface area contributed by atoms with Crippen molar-refractivity contribution in [1.82, 2.24) is 9.69 Å². The molecule has 0 aliphatic carbocycles. The van der Waals surface area contributed by atoms with Gasteiger partial charge in [-0.05, 0) is 6.07 Å². The first-order valence-electron chi connectivity index (χ1n) is 6.15. The van der Waals surface area contributed by atoms with Crippen molar-refractivity contribution in [3.8, 4) is 5.75 Å². The summed E-state index contributed by atoms with van der Waals surface area (Å²) in [5, 5.41) is 12.8. The SMILES string of the molecule is O=C(NC1COc2ccccc2C1O)c1s[nH]c(=O)c1Cl. The third kappa shape index (κ3) is 2.55. The zero-order valence-electron chi connectivity index (χ0n) is 10.6. The van der Waals surface area contributed by atoms with Crippen LogP contribution in [0.25, 0.3) is 0 Å². The average molecular weight is 327 g/mol. The van der Waals surface area contributed by atoms with Crippen LogP contribution in [0.15, 0.2) is 29.1 Å². The Balaban J connectivity index is 1.79. The molecule has 0 fully saturated rings. The van der Waals surface area contributed by atoms with E-state index >= 15 is 0 Å². The van der Waals surface area contributed by atoms with E-state index in [1.54, 1.807) is 18.2 Å². The highest BCUT2D eigenvalue weighted by Crippen LogP contribution is 2.31. The highest BCUT2D eigenvalue weighted by Gasteiger charge is 2.31. The predicted molar refractivity (Wildman–Crippen MR) is 78.1 cm³/mol. The smallest absolute Gasteiger partial charge is 0.277 e. The number of aliphatic hydroxyl groups excluding tert-OH is 1. The standard InChI is InChI=1S/C13H11ClN2O4S/c14-9-11(21-16-12(9)18)13(19)15-7-5-20-8-4-2-1-3-6(8)10(7)17/h1-4,7,10,17H,5H2,(H,15,19)(H,16,18). The molecule has 110 valence electrons. The van der Waals surface area contributed by atoms with Gasteiger partial charge in [0.05, 0.1) is 6.04 Å². The van der Waals surface area contributed by atoms with E-state index in [0.717, 1.165) is 11.5 Å². The number of carbonyl (C=O) groups excluding carboxylic acids is 1. The molecule has 8 heteroatoms. The zero-order chi connectivity index (χ0) is 15.0. The number of halogens is 1. The number of H-pyrrole nitrogens is 1. The molecule has 1 aliphatic rings. The number of benzene rings is 1. The number of hydrogen-bond donors (Lipinski definition) is 3. The largest absolute Gasteiger partial charge is 0.491 e. The van der Waals surface area contributed by atoms with Crippen molar-refractivity contribution in [2.75, 3.05) is 6.61 Å². The van der Waals surface area contributed by atoms with Crippen LogP contribution >= 0.6 is 23.1 Å². The lowest BCUT2D eigenvalue weighted by Crippen LogP contribution is -2.45. The summed E-state index contributed by atoms with van der Waals surface area (Å²) in [4.78, 5) is 23.4. The van der Waals surface area contributed by atoms with Crippen LogP contribution in [0.2, 0.25) is 5.02 Å². The molecule has 0 saturated heterocycles. The van der Waals surface area contributed by atoms with E-state index in [1.807, 2.05) is 6.07 Å². The Hall–Kier alpha value is -1.83. The summed E-state index contributed by atoms with van der Waals surface area (Å²) in [6.07, 6.45) is -0.881. The summed E-state index contributed by atoms with van der Waals surface area (Å²) in [5.41, 5.74) is 0.111. The summed E-state index contributed by atoms with van der Waals surface area (Å²) >= 11 is 6.61. The third-order valence-electron chi connectivity index (χ3n) is 3.20. The Kier molecular flexibility index (Phi) is 3.71. The number of ether oxygens (including phenoxy) is 1.